The molecule has 1 heterocycles. The summed E-state index contributed by atoms with van der Waals surface area (Å²) in [7, 11) is 1.94. The standard InChI is InChI=1S/C12H16N2O2S/c1-14(9-4-5-17-7-9)11-6-8(13)2-3-10(11)12(15)16/h2-3,6,9H,4-5,7,13H2,1H3,(H,15,16). The molecule has 0 radical (unpaired) electrons. The number of hydrogen-bond donors (Lipinski definition) is 2. The van der Waals surface area contributed by atoms with E-state index in [1.54, 1.807) is 18.2 Å². The Morgan fingerprint density at radius 3 is 2.94 bits per heavy atom. The number of aromatic carboxylic acids is 1. The van der Waals surface area contributed by atoms with Crippen LogP contribution in [0.15, 0.2) is 18.2 Å². The van der Waals surface area contributed by atoms with Gasteiger partial charge in [0.25, 0.3) is 0 Å². The highest BCUT2D eigenvalue weighted by Crippen LogP contribution is 2.29. The number of nitrogens with zero attached hydrogens (tertiary/aromatic N) is 1. The lowest BCUT2D eigenvalue weighted by atomic mass is 10.1. The number of carbonyl (C=O) groups is 1. The molecule has 1 aromatic carbocycles. The number of nitrogen functional groups attached to an aromatic ring is 1. The van der Waals surface area contributed by atoms with Gasteiger partial charge >= 0.3 is 5.97 Å². The number of hydrogen-bond acceptors (Lipinski definition) is 4. The molecule has 0 spiro atoms. The molecule has 0 amide bonds. The SMILES string of the molecule is CN(c1cc(N)ccc1C(=O)O)C1CCSC1. The molecule has 2 rings (SSSR count). The van der Waals surface area contributed by atoms with Gasteiger partial charge in [-0.1, -0.05) is 0 Å². The third-order valence-corrected chi connectivity index (χ3v) is 4.23. The van der Waals surface area contributed by atoms with Gasteiger partial charge in [0, 0.05) is 24.5 Å². The van der Waals surface area contributed by atoms with Crippen molar-refractivity contribution in [3.05, 3.63) is 23.8 Å². The van der Waals surface area contributed by atoms with Crippen molar-refractivity contribution < 1.29 is 9.90 Å². The topological polar surface area (TPSA) is 66.6 Å². The maximum Gasteiger partial charge on any atom is 0.337 e. The maximum absolute atomic E-state index is 11.2. The Hall–Kier alpha value is -1.36. The molecule has 17 heavy (non-hydrogen) atoms. The fraction of sp³-hybridized carbons (Fsp3) is 0.417. The average molecular weight is 252 g/mol. The Balaban J connectivity index is 2.34. The highest BCUT2D eigenvalue weighted by atomic mass is 32.2. The van der Waals surface area contributed by atoms with E-state index >= 15 is 0 Å². The minimum Gasteiger partial charge on any atom is -0.478 e. The molecular formula is C12H16N2O2S. The van der Waals surface area contributed by atoms with Crippen LogP contribution in [0.1, 0.15) is 16.8 Å². The number of carboxylic acids is 1. The molecular weight excluding hydrogens is 236 g/mol. The summed E-state index contributed by atoms with van der Waals surface area (Å²) in [5.41, 5.74) is 7.37. The lowest BCUT2D eigenvalue weighted by Crippen LogP contribution is -2.32. The van der Waals surface area contributed by atoms with Crippen LogP contribution >= 0.6 is 11.8 Å². The van der Waals surface area contributed by atoms with Gasteiger partial charge < -0.3 is 15.7 Å². The van der Waals surface area contributed by atoms with E-state index in [4.69, 9.17) is 5.73 Å². The van der Waals surface area contributed by atoms with Crippen molar-refractivity contribution in [3.63, 3.8) is 0 Å². The summed E-state index contributed by atoms with van der Waals surface area (Å²) >= 11 is 1.90. The van der Waals surface area contributed by atoms with Crippen molar-refractivity contribution >= 4 is 29.1 Å². The van der Waals surface area contributed by atoms with Gasteiger partial charge in [-0.15, -0.1) is 0 Å². The first-order valence-corrected chi connectivity index (χ1v) is 6.68. The van der Waals surface area contributed by atoms with Crippen molar-refractivity contribution in [2.45, 2.75) is 12.5 Å². The highest BCUT2D eigenvalue weighted by Gasteiger charge is 2.23. The van der Waals surface area contributed by atoms with E-state index in [0.717, 1.165) is 17.9 Å². The molecule has 4 nitrogen and oxygen atoms in total. The molecule has 92 valence electrons. The Morgan fingerprint density at radius 1 is 1.59 bits per heavy atom. The lowest BCUT2D eigenvalue weighted by Gasteiger charge is -2.27. The zero-order valence-corrected chi connectivity index (χ0v) is 10.5. The minimum atomic E-state index is -0.905. The molecule has 1 aliphatic heterocycles. The van der Waals surface area contributed by atoms with Crippen molar-refractivity contribution in [3.8, 4) is 0 Å². The van der Waals surface area contributed by atoms with Crippen LogP contribution < -0.4 is 10.6 Å². The van der Waals surface area contributed by atoms with E-state index in [2.05, 4.69) is 0 Å². The van der Waals surface area contributed by atoms with Gasteiger partial charge in [-0.2, -0.15) is 11.8 Å². The number of anilines is 2. The van der Waals surface area contributed by atoms with Gasteiger partial charge in [-0.25, -0.2) is 4.79 Å². The molecule has 0 aromatic heterocycles. The first-order chi connectivity index (χ1) is 8.09. The van der Waals surface area contributed by atoms with E-state index in [9.17, 15) is 9.90 Å². The summed E-state index contributed by atoms with van der Waals surface area (Å²) in [5.74, 6) is 1.28. The Labute approximate surface area is 105 Å². The smallest absolute Gasteiger partial charge is 0.337 e. The zero-order chi connectivity index (χ0) is 12.4. The molecule has 1 saturated heterocycles. The van der Waals surface area contributed by atoms with Gasteiger partial charge in [0.15, 0.2) is 0 Å². The third kappa shape index (κ3) is 2.49. The molecule has 3 N–H and O–H groups in total. The van der Waals surface area contributed by atoms with Crippen LogP contribution in [0, 0.1) is 0 Å². The lowest BCUT2D eigenvalue weighted by molar-refractivity contribution is 0.0697. The Morgan fingerprint density at radius 2 is 2.35 bits per heavy atom. The van der Waals surface area contributed by atoms with Gasteiger partial charge in [-0.3, -0.25) is 0 Å². The fourth-order valence-electron chi connectivity index (χ4n) is 2.05. The third-order valence-electron chi connectivity index (χ3n) is 3.09. The number of rotatable bonds is 3. The first kappa shape index (κ1) is 12.1. The van der Waals surface area contributed by atoms with Crippen LogP contribution in [0.5, 0.6) is 0 Å². The monoisotopic (exact) mass is 252 g/mol. The van der Waals surface area contributed by atoms with Crippen LogP contribution in [0.3, 0.4) is 0 Å². The fourth-order valence-corrected chi connectivity index (χ4v) is 3.31. The molecule has 1 unspecified atom stereocenters. The van der Waals surface area contributed by atoms with Crippen molar-refractivity contribution in [1.82, 2.24) is 0 Å². The second kappa shape index (κ2) is 4.87. The number of thioether (sulfide) groups is 1. The molecule has 0 aliphatic carbocycles. The second-order valence-electron chi connectivity index (χ2n) is 4.21. The van der Waals surface area contributed by atoms with Crippen LogP contribution in [0.2, 0.25) is 0 Å². The summed E-state index contributed by atoms with van der Waals surface area (Å²) in [6.45, 7) is 0. The quantitative estimate of drug-likeness (QED) is 0.804. The van der Waals surface area contributed by atoms with Gasteiger partial charge in [0.1, 0.15) is 0 Å². The average Bonchev–Trinajstić information content (AvgIpc) is 2.80. The summed E-state index contributed by atoms with van der Waals surface area (Å²) in [6.07, 6.45) is 1.09. The molecule has 0 saturated carbocycles. The summed E-state index contributed by atoms with van der Waals surface area (Å²) in [6, 6.07) is 5.35. The van der Waals surface area contributed by atoms with E-state index in [1.165, 1.54) is 0 Å². The summed E-state index contributed by atoms with van der Waals surface area (Å²) < 4.78 is 0. The Bertz CT molecular complexity index is 431. The number of benzene rings is 1. The van der Waals surface area contributed by atoms with E-state index in [-0.39, 0.29) is 0 Å². The van der Waals surface area contributed by atoms with Crippen LogP contribution in [-0.2, 0) is 0 Å². The van der Waals surface area contributed by atoms with Crippen molar-refractivity contribution in [2.75, 3.05) is 29.2 Å². The first-order valence-electron chi connectivity index (χ1n) is 5.53. The number of nitrogens with two attached hydrogens (primary N) is 1. The minimum absolute atomic E-state index is 0.318. The normalized spacial score (nSPS) is 19.2. The molecule has 5 heteroatoms. The highest BCUT2D eigenvalue weighted by molar-refractivity contribution is 7.99. The van der Waals surface area contributed by atoms with E-state index < -0.39 is 5.97 Å². The molecule has 1 aromatic rings. The van der Waals surface area contributed by atoms with Crippen LogP contribution in [-0.4, -0.2) is 35.7 Å². The van der Waals surface area contributed by atoms with Crippen LogP contribution in [0.4, 0.5) is 11.4 Å². The molecule has 1 aliphatic rings. The van der Waals surface area contributed by atoms with Gasteiger partial charge in [0.05, 0.1) is 11.3 Å². The van der Waals surface area contributed by atoms with E-state index in [0.29, 0.717) is 23.0 Å². The van der Waals surface area contributed by atoms with Gasteiger partial charge in [-0.05, 0) is 30.4 Å². The van der Waals surface area contributed by atoms with Crippen LogP contribution in [0.25, 0.3) is 0 Å². The molecule has 1 fully saturated rings. The summed E-state index contributed by atoms with van der Waals surface area (Å²) in [5, 5.41) is 9.18. The second-order valence-corrected chi connectivity index (χ2v) is 5.36. The van der Waals surface area contributed by atoms with Crippen molar-refractivity contribution in [1.29, 1.82) is 0 Å². The zero-order valence-electron chi connectivity index (χ0n) is 9.72. The molecule has 0 bridgehead atoms. The number of carboxylic acid groups (broad SMARTS) is 1. The largest absolute Gasteiger partial charge is 0.478 e. The maximum atomic E-state index is 11.2. The predicted octanol–water partition coefficient (Wildman–Crippen LogP) is 1.91. The van der Waals surface area contributed by atoms with Crippen molar-refractivity contribution in [2.24, 2.45) is 0 Å². The predicted molar refractivity (Wildman–Crippen MR) is 71.9 cm³/mol. The van der Waals surface area contributed by atoms with Gasteiger partial charge in [0.2, 0.25) is 0 Å². The van der Waals surface area contributed by atoms with E-state index in [1.807, 2.05) is 23.7 Å². The Kier molecular flexibility index (Phi) is 3.47. The molecule has 1 atom stereocenters. The summed E-state index contributed by atoms with van der Waals surface area (Å²) in [4.78, 5) is 13.2.